The van der Waals surface area contributed by atoms with E-state index in [0.717, 1.165) is 27.9 Å². The van der Waals surface area contributed by atoms with Gasteiger partial charge >= 0.3 is 0 Å². The molecular weight excluding hydrogens is 306 g/mol. The number of hydrogen-bond donors (Lipinski definition) is 0. The van der Waals surface area contributed by atoms with Crippen molar-refractivity contribution in [3.8, 4) is 0 Å². The van der Waals surface area contributed by atoms with Crippen LogP contribution in [0.5, 0.6) is 0 Å². The summed E-state index contributed by atoms with van der Waals surface area (Å²) in [5, 5.41) is 0. The van der Waals surface area contributed by atoms with Gasteiger partial charge < -0.3 is 4.90 Å². The highest BCUT2D eigenvalue weighted by Crippen LogP contribution is 2.22. The van der Waals surface area contributed by atoms with Crippen LogP contribution >= 0.6 is 0 Å². The summed E-state index contributed by atoms with van der Waals surface area (Å²) in [6.07, 6.45) is 0. The topological polar surface area (TPSA) is 20.3 Å². The number of rotatable bonds is 4. The standard InChI is InChI=1S/C23H23NO/c1-17-9-11-22(12-10-17)24(16-20-7-5-4-6-8-20)23(25)21-14-18(2)13-19(3)15-21/h4-15H,16H2,1-3H3. The van der Waals surface area contributed by atoms with E-state index in [0.29, 0.717) is 6.54 Å². The summed E-state index contributed by atoms with van der Waals surface area (Å²) in [7, 11) is 0. The van der Waals surface area contributed by atoms with Crippen molar-refractivity contribution in [2.24, 2.45) is 0 Å². The highest BCUT2D eigenvalue weighted by Gasteiger charge is 2.18. The molecule has 0 aliphatic heterocycles. The van der Waals surface area contributed by atoms with Crippen LogP contribution in [0.2, 0.25) is 0 Å². The van der Waals surface area contributed by atoms with Gasteiger partial charge in [-0.3, -0.25) is 4.79 Å². The zero-order valence-electron chi connectivity index (χ0n) is 15.0. The fraction of sp³-hybridized carbons (Fsp3) is 0.174. The highest BCUT2D eigenvalue weighted by atomic mass is 16.2. The van der Waals surface area contributed by atoms with E-state index < -0.39 is 0 Å². The SMILES string of the molecule is Cc1ccc(N(Cc2ccccc2)C(=O)c2cc(C)cc(C)c2)cc1. The fourth-order valence-electron chi connectivity index (χ4n) is 3.03. The maximum atomic E-state index is 13.3. The van der Waals surface area contributed by atoms with Crippen LogP contribution in [0, 0.1) is 20.8 Å². The Morgan fingerprint density at radius 1 is 0.760 bits per heavy atom. The van der Waals surface area contributed by atoms with Crippen molar-refractivity contribution in [3.63, 3.8) is 0 Å². The molecule has 25 heavy (non-hydrogen) atoms. The molecule has 126 valence electrons. The fourth-order valence-corrected chi connectivity index (χ4v) is 3.03. The predicted molar refractivity (Wildman–Crippen MR) is 104 cm³/mol. The van der Waals surface area contributed by atoms with Crippen LogP contribution in [0.4, 0.5) is 5.69 Å². The third-order valence-electron chi connectivity index (χ3n) is 4.24. The monoisotopic (exact) mass is 329 g/mol. The lowest BCUT2D eigenvalue weighted by molar-refractivity contribution is 0.0985. The second-order valence-corrected chi connectivity index (χ2v) is 6.59. The molecule has 0 saturated heterocycles. The summed E-state index contributed by atoms with van der Waals surface area (Å²) in [6.45, 7) is 6.65. The van der Waals surface area contributed by atoms with Gasteiger partial charge in [0.25, 0.3) is 5.91 Å². The minimum absolute atomic E-state index is 0.0273. The molecule has 3 aromatic carbocycles. The first-order valence-corrected chi connectivity index (χ1v) is 8.54. The summed E-state index contributed by atoms with van der Waals surface area (Å²) in [5.41, 5.74) is 6.15. The van der Waals surface area contributed by atoms with Crippen LogP contribution in [-0.4, -0.2) is 5.91 Å². The Balaban J connectivity index is 2.00. The van der Waals surface area contributed by atoms with Crippen molar-refractivity contribution in [3.05, 3.63) is 101 Å². The Hall–Kier alpha value is -2.87. The summed E-state index contributed by atoms with van der Waals surface area (Å²) in [5.74, 6) is 0.0273. The summed E-state index contributed by atoms with van der Waals surface area (Å²) < 4.78 is 0. The first-order valence-electron chi connectivity index (χ1n) is 8.54. The first kappa shape index (κ1) is 17.0. The van der Waals surface area contributed by atoms with Gasteiger partial charge in [0.15, 0.2) is 0 Å². The first-order chi connectivity index (χ1) is 12.0. The maximum Gasteiger partial charge on any atom is 0.258 e. The molecule has 3 aromatic rings. The normalized spacial score (nSPS) is 10.5. The molecular formula is C23H23NO. The molecule has 0 fully saturated rings. The van der Waals surface area contributed by atoms with Gasteiger partial charge in [0.05, 0.1) is 6.54 Å². The quantitative estimate of drug-likeness (QED) is 0.622. The second kappa shape index (κ2) is 7.35. The highest BCUT2D eigenvalue weighted by molar-refractivity contribution is 6.06. The van der Waals surface area contributed by atoms with Crippen LogP contribution in [0.1, 0.15) is 32.6 Å². The van der Waals surface area contributed by atoms with E-state index >= 15 is 0 Å². The van der Waals surface area contributed by atoms with Crippen molar-refractivity contribution in [1.82, 2.24) is 0 Å². The molecule has 0 radical (unpaired) electrons. The van der Waals surface area contributed by atoms with Gasteiger partial charge in [-0.1, -0.05) is 65.2 Å². The van der Waals surface area contributed by atoms with Gasteiger partial charge in [0.2, 0.25) is 0 Å². The molecule has 0 aliphatic carbocycles. The van der Waals surface area contributed by atoms with Crippen molar-refractivity contribution in [2.75, 3.05) is 4.90 Å². The second-order valence-electron chi connectivity index (χ2n) is 6.59. The van der Waals surface area contributed by atoms with Crippen molar-refractivity contribution >= 4 is 11.6 Å². The Bertz CT molecular complexity index is 846. The Morgan fingerprint density at radius 2 is 1.36 bits per heavy atom. The van der Waals surface area contributed by atoms with E-state index in [2.05, 4.69) is 25.1 Å². The number of anilines is 1. The van der Waals surface area contributed by atoms with Gasteiger partial charge in [-0.25, -0.2) is 0 Å². The van der Waals surface area contributed by atoms with Crippen molar-refractivity contribution in [2.45, 2.75) is 27.3 Å². The van der Waals surface area contributed by atoms with Gasteiger partial charge in [-0.15, -0.1) is 0 Å². The molecule has 0 bridgehead atoms. The van der Waals surface area contributed by atoms with Gasteiger partial charge in [-0.2, -0.15) is 0 Å². The maximum absolute atomic E-state index is 13.3. The Kier molecular flexibility index (Phi) is 4.99. The minimum atomic E-state index is 0.0273. The largest absolute Gasteiger partial charge is 0.304 e. The van der Waals surface area contributed by atoms with Crippen molar-refractivity contribution < 1.29 is 4.79 Å². The lowest BCUT2D eigenvalue weighted by Gasteiger charge is -2.24. The van der Waals surface area contributed by atoms with Gasteiger partial charge in [0.1, 0.15) is 0 Å². The van der Waals surface area contributed by atoms with E-state index in [9.17, 15) is 4.79 Å². The van der Waals surface area contributed by atoms with E-state index in [4.69, 9.17) is 0 Å². The molecule has 0 aliphatic rings. The number of amides is 1. The predicted octanol–water partition coefficient (Wildman–Crippen LogP) is 5.46. The molecule has 2 nitrogen and oxygen atoms in total. The van der Waals surface area contributed by atoms with Crippen LogP contribution in [0.15, 0.2) is 72.8 Å². The van der Waals surface area contributed by atoms with Gasteiger partial charge in [0, 0.05) is 11.3 Å². The number of aryl methyl sites for hydroxylation is 3. The number of benzene rings is 3. The number of carbonyl (C=O) groups excluding carboxylic acids is 1. The molecule has 0 atom stereocenters. The summed E-state index contributed by atoms with van der Waals surface area (Å²) >= 11 is 0. The average Bonchev–Trinajstić information content (AvgIpc) is 2.60. The van der Waals surface area contributed by atoms with Crippen molar-refractivity contribution in [1.29, 1.82) is 0 Å². The summed E-state index contributed by atoms with van der Waals surface area (Å²) in [4.78, 5) is 15.1. The molecule has 0 N–H and O–H groups in total. The zero-order chi connectivity index (χ0) is 17.8. The van der Waals surface area contributed by atoms with Crippen LogP contribution in [0.25, 0.3) is 0 Å². The number of hydrogen-bond acceptors (Lipinski definition) is 1. The zero-order valence-corrected chi connectivity index (χ0v) is 15.0. The van der Waals surface area contributed by atoms with E-state index in [1.807, 2.05) is 73.3 Å². The smallest absolute Gasteiger partial charge is 0.258 e. The van der Waals surface area contributed by atoms with Crippen LogP contribution in [0.3, 0.4) is 0 Å². The van der Waals surface area contributed by atoms with E-state index in [1.165, 1.54) is 5.56 Å². The molecule has 0 aromatic heterocycles. The average molecular weight is 329 g/mol. The van der Waals surface area contributed by atoms with E-state index in [-0.39, 0.29) is 5.91 Å². The van der Waals surface area contributed by atoms with Crippen LogP contribution < -0.4 is 4.90 Å². The van der Waals surface area contributed by atoms with Crippen LogP contribution in [-0.2, 0) is 6.54 Å². The minimum Gasteiger partial charge on any atom is -0.304 e. The third kappa shape index (κ3) is 4.16. The molecule has 3 rings (SSSR count). The molecule has 0 unspecified atom stereocenters. The Labute approximate surface area is 149 Å². The summed E-state index contributed by atoms with van der Waals surface area (Å²) in [6, 6.07) is 24.2. The third-order valence-corrected chi connectivity index (χ3v) is 4.24. The van der Waals surface area contributed by atoms with E-state index in [1.54, 1.807) is 0 Å². The Morgan fingerprint density at radius 3 is 1.96 bits per heavy atom. The number of nitrogens with zero attached hydrogens (tertiary/aromatic N) is 1. The molecule has 2 heteroatoms. The van der Waals surface area contributed by atoms with Gasteiger partial charge in [-0.05, 0) is 50.6 Å². The molecule has 0 spiro atoms. The molecule has 1 amide bonds. The lowest BCUT2D eigenvalue weighted by Crippen LogP contribution is -2.30. The molecule has 0 saturated carbocycles. The molecule has 0 heterocycles. The number of carbonyl (C=O) groups is 1. The lowest BCUT2D eigenvalue weighted by atomic mass is 10.1.